The van der Waals surface area contributed by atoms with Gasteiger partial charge < -0.3 is 51.3 Å². The first-order valence-electron chi connectivity index (χ1n) is 25.5. The summed E-state index contributed by atoms with van der Waals surface area (Å²) in [7, 11) is 1.55. The molecule has 0 heterocycles. The Labute approximate surface area is 467 Å². The minimum Gasteiger partial charge on any atom is -0.493 e. The van der Waals surface area contributed by atoms with Crippen LogP contribution >= 0.6 is 27.0 Å². The summed E-state index contributed by atoms with van der Waals surface area (Å²) >= 11 is 0. The van der Waals surface area contributed by atoms with Crippen molar-refractivity contribution in [3.63, 3.8) is 0 Å². The van der Waals surface area contributed by atoms with E-state index in [4.69, 9.17) is 24.7 Å². The number of esters is 1. The lowest BCUT2D eigenvalue weighted by atomic mass is 9.92. The lowest BCUT2D eigenvalue weighted by Crippen LogP contribution is -2.56. The molecule has 3 atom stereocenters. The summed E-state index contributed by atoms with van der Waals surface area (Å²) in [5, 5.41) is 18.2. The first kappa shape index (κ1) is 70.1. The number of alkyl carbamates (subject to hydrolysis) is 1. The van der Waals surface area contributed by atoms with Gasteiger partial charge in [-0.15, -0.1) is 0 Å². The number of aliphatic imine (C=N–C) groups is 1. The quantitative estimate of drug-likeness (QED) is 0.0136. The number of carbonyl (C=O) groups is 5. The monoisotopic (exact) mass is 1100 g/mol. The van der Waals surface area contributed by atoms with Crippen LogP contribution in [-0.4, -0.2) is 99.4 Å². The number of fused-ring (bicyclic) bond motifs is 2. The molecular weight excluding hydrogens is 1000 g/mol. The zero-order valence-electron chi connectivity index (χ0n) is 45.3. The second-order valence-corrected chi connectivity index (χ2v) is 20.5. The highest BCUT2D eigenvalue weighted by Gasteiger charge is 2.31. The molecule has 0 saturated heterocycles. The number of carbonyl (C=O) groups excluding carboxylic acids is 5. The molecule has 0 aliphatic rings. The molecule has 0 aliphatic carbocycles. The molecule has 76 heavy (non-hydrogen) atoms. The molecule has 4 amide bonds. The SMILES string of the molecule is C.C.CN=C(N)NCCC[C@@H](NC(=O)[C@@H](CCCCNC(=O)OC(C)(C)C)NC(=O)COc1ccc2ccccc2c1-c1c(OCCC(C)C)ccc2ccccc12)C(=O)N[C@@H](CC(C)C)C(=O)OCCC(C)C.S.S. The van der Waals surface area contributed by atoms with Gasteiger partial charge in [-0.1, -0.05) is 117 Å². The van der Waals surface area contributed by atoms with Crippen molar-refractivity contribution in [1.29, 1.82) is 0 Å². The third-order valence-corrected chi connectivity index (χ3v) is 11.7. The molecule has 7 N–H and O–H groups in total. The molecule has 0 spiro atoms. The van der Waals surface area contributed by atoms with Crippen LogP contribution in [-0.2, 0) is 28.7 Å². The molecule has 4 aromatic carbocycles. The molecule has 18 heteroatoms. The van der Waals surface area contributed by atoms with Crippen molar-refractivity contribution in [1.82, 2.24) is 26.6 Å². The number of hydrogen-bond acceptors (Lipinski definition) is 10. The molecule has 16 nitrogen and oxygen atoms in total. The van der Waals surface area contributed by atoms with Gasteiger partial charge in [-0.3, -0.25) is 19.4 Å². The standard InChI is InChI=1S/C56H81N7O9.2CH4.2H2S/c1-36(2)28-32-69-46-26-24-39-18-11-13-20-41(39)49(46)50-42-21-14-12-19-40(42)25-27-47(50)71-35-48(64)61-43(22-15-16-30-60-55(68)72-56(7,8)9)51(65)62-44(23-17-31-59-54(57)58-10)52(66)63-45(34-38(5)6)53(67)70-33-29-37(3)4;;;;/h11-14,18-21,24-27,36-38,43-45H,15-17,22-23,28-35H2,1-10H3,(H,60,68)(H,61,64)(H,62,65)(H,63,66)(H3,57,58,59);2*1H4;2*1H2/t43-,44-,45+;;;;/m1..../s1. The molecule has 426 valence electrons. The van der Waals surface area contributed by atoms with Crippen LogP contribution in [0.1, 0.15) is 129 Å². The number of nitrogens with zero attached hydrogens (tertiary/aromatic N) is 1. The molecule has 0 saturated carbocycles. The van der Waals surface area contributed by atoms with E-state index in [1.54, 1.807) is 27.8 Å². The molecule has 0 aromatic heterocycles. The summed E-state index contributed by atoms with van der Waals surface area (Å²) in [6, 6.07) is 20.7. The van der Waals surface area contributed by atoms with Crippen LogP contribution in [0.3, 0.4) is 0 Å². The van der Waals surface area contributed by atoms with E-state index in [-0.39, 0.29) is 79.7 Å². The van der Waals surface area contributed by atoms with Crippen LogP contribution in [0.4, 0.5) is 4.79 Å². The highest BCUT2D eigenvalue weighted by Crippen LogP contribution is 2.45. The zero-order chi connectivity index (χ0) is 52.8. The number of benzene rings is 4. The van der Waals surface area contributed by atoms with E-state index in [1.807, 2.05) is 100 Å². The van der Waals surface area contributed by atoms with Crippen LogP contribution in [0, 0.1) is 17.8 Å². The Kier molecular flexibility index (Phi) is 32.7. The van der Waals surface area contributed by atoms with Crippen LogP contribution in [0.15, 0.2) is 77.8 Å². The fourth-order valence-electron chi connectivity index (χ4n) is 7.89. The molecular formula is C58H93N7O9S2. The van der Waals surface area contributed by atoms with Gasteiger partial charge in [0.15, 0.2) is 12.6 Å². The predicted octanol–water partition coefficient (Wildman–Crippen LogP) is 10.1. The summed E-state index contributed by atoms with van der Waals surface area (Å²) in [4.78, 5) is 72.4. The number of hydrogen-bond donors (Lipinski definition) is 6. The summed E-state index contributed by atoms with van der Waals surface area (Å²) in [5.41, 5.74) is 6.79. The molecule has 0 aliphatic heterocycles. The van der Waals surface area contributed by atoms with Gasteiger partial charge in [-0.2, -0.15) is 27.0 Å². The Morgan fingerprint density at radius 1 is 0.592 bits per heavy atom. The smallest absolute Gasteiger partial charge is 0.407 e. The maximum absolute atomic E-state index is 14.5. The largest absolute Gasteiger partial charge is 0.493 e. The first-order chi connectivity index (χ1) is 34.3. The minimum absolute atomic E-state index is 0. The van der Waals surface area contributed by atoms with Crippen molar-refractivity contribution in [3.8, 4) is 22.6 Å². The second kappa shape index (κ2) is 35.4. The third kappa shape index (κ3) is 24.0. The van der Waals surface area contributed by atoms with Crippen LogP contribution < -0.4 is 41.8 Å². The number of guanidine groups is 1. The Bertz CT molecular complexity index is 2440. The highest BCUT2D eigenvalue weighted by molar-refractivity contribution is 7.59. The van der Waals surface area contributed by atoms with E-state index in [0.717, 1.165) is 39.1 Å². The van der Waals surface area contributed by atoms with Gasteiger partial charge in [0.2, 0.25) is 11.8 Å². The van der Waals surface area contributed by atoms with Gasteiger partial charge in [0.05, 0.1) is 13.2 Å². The van der Waals surface area contributed by atoms with Gasteiger partial charge in [-0.25, -0.2) is 9.59 Å². The average Bonchev–Trinajstić information content (AvgIpc) is 3.32. The average molecular weight is 1100 g/mol. The van der Waals surface area contributed by atoms with E-state index in [1.165, 1.54) is 0 Å². The van der Waals surface area contributed by atoms with Crippen molar-refractivity contribution < 1.29 is 42.9 Å². The highest BCUT2D eigenvalue weighted by atomic mass is 32.1. The van der Waals surface area contributed by atoms with E-state index < -0.39 is 60.1 Å². The molecule has 4 rings (SSSR count). The van der Waals surface area contributed by atoms with Gasteiger partial charge in [0.25, 0.3) is 5.91 Å². The fourth-order valence-corrected chi connectivity index (χ4v) is 7.89. The minimum atomic E-state index is -1.12. The van der Waals surface area contributed by atoms with Crippen molar-refractivity contribution in [2.75, 3.05) is 40.0 Å². The van der Waals surface area contributed by atoms with Crippen molar-refractivity contribution in [2.45, 2.75) is 152 Å². The summed E-state index contributed by atoms with van der Waals surface area (Å²) < 4.78 is 23.9. The lowest BCUT2D eigenvalue weighted by molar-refractivity contribution is -0.149. The first-order valence-corrected chi connectivity index (χ1v) is 25.5. The zero-order valence-corrected chi connectivity index (χ0v) is 47.3. The van der Waals surface area contributed by atoms with Gasteiger partial charge >= 0.3 is 12.1 Å². The Balaban J connectivity index is 0.0000141. The number of amides is 4. The van der Waals surface area contributed by atoms with E-state index in [0.29, 0.717) is 68.6 Å². The molecule has 0 unspecified atom stereocenters. The normalized spacial score (nSPS) is 12.4. The van der Waals surface area contributed by atoms with Crippen molar-refractivity contribution >= 4 is 84.3 Å². The number of unbranched alkanes of at least 4 members (excludes halogenated alkanes) is 1. The number of rotatable bonds is 28. The Morgan fingerprint density at radius 3 is 1.63 bits per heavy atom. The maximum atomic E-state index is 14.5. The number of ether oxygens (including phenoxy) is 4. The topological polar surface area (TPSA) is 221 Å². The van der Waals surface area contributed by atoms with Crippen molar-refractivity contribution in [2.24, 2.45) is 28.5 Å². The van der Waals surface area contributed by atoms with E-state index in [9.17, 15) is 24.0 Å². The second-order valence-electron chi connectivity index (χ2n) is 20.5. The van der Waals surface area contributed by atoms with Gasteiger partial charge in [-0.05, 0) is 124 Å². The molecule has 0 fully saturated rings. The van der Waals surface area contributed by atoms with E-state index in [2.05, 4.69) is 45.4 Å². The lowest BCUT2D eigenvalue weighted by Gasteiger charge is -2.26. The molecule has 0 bridgehead atoms. The van der Waals surface area contributed by atoms with Crippen molar-refractivity contribution in [3.05, 3.63) is 72.8 Å². The Morgan fingerprint density at radius 2 is 1.09 bits per heavy atom. The van der Waals surface area contributed by atoms with E-state index >= 15 is 0 Å². The van der Waals surface area contributed by atoms with Crippen LogP contribution in [0.5, 0.6) is 11.5 Å². The summed E-state index contributed by atoms with van der Waals surface area (Å²) in [5.74, 6) is -0.175. The van der Waals surface area contributed by atoms with Gasteiger partial charge in [0, 0.05) is 31.3 Å². The van der Waals surface area contributed by atoms with Crippen LogP contribution in [0.25, 0.3) is 32.7 Å². The molecule has 4 aromatic rings. The summed E-state index contributed by atoms with van der Waals surface area (Å²) in [6.07, 6.45) is 2.83. The summed E-state index contributed by atoms with van der Waals surface area (Å²) in [6.45, 7) is 18.4. The number of nitrogens with one attached hydrogen (secondary N) is 5. The fraction of sp³-hybridized carbons (Fsp3) is 0.552. The third-order valence-electron chi connectivity index (χ3n) is 11.7. The van der Waals surface area contributed by atoms with Gasteiger partial charge in [0.1, 0.15) is 35.2 Å². The van der Waals surface area contributed by atoms with Crippen LogP contribution in [0.2, 0.25) is 0 Å². The maximum Gasteiger partial charge on any atom is 0.407 e. The predicted molar refractivity (Wildman–Crippen MR) is 320 cm³/mol. The molecule has 0 radical (unpaired) electrons. The number of nitrogens with two attached hydrogens (primary N) is 1. The Hall–Kier alpha value is -5.88.